The first-order chi connectivity index (χ1) is 13.1. The predicted molar refractivity (Wildman–Crippen MR) is 107 cm³/mol. The van der Waals surface area contributed by atoms with Crippen LogP contribution in [0.25, 0.3) is 0 Å². The second-order valence-electron chi connectivity index (χ2n) is 7.20. The number of fused-ring (bicyclic) bond motifs is 1. The van der Waals surface area contributed by atoms with Gasteiger partial charge in [-0.3, -0.25) is 4.79 Å². The Morgan fingerprint density at radius 1 is 1.19 bits per heavy atom. The summed E-state index contributed by atoms with van der Waals surface area (Å²) in [5.41, 5.74) is 2.84. The zero-order chi connectivity index (χ0) is 18.8. The highest BCUT2D eigenvalue weighted by Crippen LogP contribution is 2.31. The topological polar surface area (TPSA) is 58.6 Å². The number of nitrogens with one attached hydrogen (secondary N) is 1. The van der Waals surface area contributed by atoms with Crippen LogP contribution in [0.4, 0.5) is 5.69 Å². The fourth-order valence-electron chi connectivity index (χ4n) is 3.91. The third-order valence-corrected chi connectivity index (χ3v) is 6.62. The Labute approximate surface area is 163 Å². The molecule has 1 fully saturated rings. The van der Waals surface area contributed by atoms with E-state index >= 15 is 0 Å². The van der Waals surface area contributed by atoms with Crippen molar-refractivity contribution in [3.8, 4) is 0 Å². The maximum atomic E-state index is 12.8. The van der Waals surface area contributed by atoms with Gasteiger partial charge < -0.3 is 15.0 Å². The first-order valence-electron chi connectivity index (χ1n) is 9.50. The molecule has 0 bridgehead atoms. The van der Waals surface area contributed by atoms with Crippen LogP contribution in [0.3, 0.4) is 0 Å². The third-order valence-electron chi connectivity index (χ3n) is 5.39. The van der Waals surface area contributed by atoms with E-state index in [1.165, 1.54) is 24.0 Å². The molecule has 1 amide bonds. The molecule has 1 aliphatic heterocycles. The first kappa shape index (κ1) is 18.0. The number of carbonyl (C=O) groups excluding carboxylic acids is 2. The van der Waals surface area contributed by atoms with E-state index < -0.39 is 0 Å². The van der Waals surface area contributed by atoms with Gasteiger partial charge in [-0.1, -0.05) is 6.07 Å². The van der Waals surface area contributed by atoms with Gasteiger partial charge in [-0.05, 0) is 61.9 Å². The summed E-state index contributed by atoms with van der Waals surface area (Å²) in [5.74, 6) is -0.151. The number of hydrogen-bond donors (Lipinski definition) is 1. The number of carbonyl (C=O) groups is 2. The summed E-state index contributed by atoms with van der Waals surface area (Å²) < 4.78 is 4.78. The Morgan fingerprint density at radius 2 is 2.00 bits per heavy atom. The fraction of sp³-hybridized carbons (Fsp3) is 0.429. The number of likely N-dealkylation sites (tertiary alicyclic amines) is 1. The first-order valence-corrected chi connectivity index (χ1v) is 10.3. The Kier molecular flexibility index (Phi) is 5.16. The lowest BCUT2D eigenvalue weighted by atomic mass is 10.0. The molecule has 1 saturated heterocycles. The van der Waals surface area contributed by atoms with Crippen LogP contribution < -0.4 is 5.32 Å². The van der Waals surface area contributed by atoms with Gasteiger partial charge in [0, 0.05) is 29.7 Å². The molecule has 6 heteroatoms. The fourth-order valence-corrected chi connectivity index (χ4v) is 5.13. The average molecular weight is 385 g/mol. The Balaban J connectivity index is 1.33. The number of nitrogens with zero attached hydrogens (tertiary/aromatic N) is 1. The van der Waals surface area contributed by atoms with Crippen molar-refractivity contribution in [2.45, 2.75) is 38.1 Å². The Morgan fingerprint density at radius 3 is 2.74 bits per heavy atom. The lowest BCUT2D eigenvalue weighted by Crippen LogP contribution is -2.42. The molecule has 142 valence electrons. The molecule has 0 radical (unpaired) electrons. The molecule has 1 N–H and O–H groups in total. The lowest BCUT2D eigenvalue weighted by Gasteiger charge is -2.32. The number of amides is 1. The zero-order valence-electron chi connectivity index (χ0n) is 15.5. The number of benzene rings is 1. The van der Waals surface area contributed by atoms with Gasteiger partial charge in [0.05, 0.1) is 17.6 Å². The van der Waals surface area contributed by atoms with Gasteiger partial charge in [0.1, 0.15) is 0 Å². The summed E-state index contributed by atoms with van der Waals surface area (Å²) in [6, 6.07) is 9.78. The predicted octanol–water partition coefficient (Wildman–Crippen LogP) is 3.74. The van der Waals surface area contributed by atoms with E-state index in [1.54, 1.807) is 17.4 Å². The van der Waals surface area contributed by atoms with E-state index in [9.17, 15) is 9.59 Å². The number of esters is 1. The lowest BCUT2D eigenvalue weighted by molar-refractivity contribution is 0.0600. The normalized spacial score (nSPS) is 16.9. The van der Waals surface area contributed by atoms with Crippen LogP contribution in [-0.4, -0.2) is 43.0 Å². The summed E-state index contributed by atoms with van der Waals surface area (Å²) in [5, 5.41) is 3.49. The van der Waals surface area contributed by atoms with Crippen molar-refractivity contribution >= 4 is 28.9 Å². The van der Waals surface area contributed by atoms with Crippen LogP contribution in [0.1, 0.15) is 49.7 Å². The minimum atomic E-state index is -0.332. The van der Waals surface area contributed by atoms with E-state index in [4.69, 9.17) is 4.74 Å². The number of aryl methyl sites for hydroxylation is 2. The van der Waals surface area contributed by atoms with Gasteiger partial charge in [-0.25, -0.2) is 4.79 Å². The van der Waals surface area contributed by atoms with Crippen molar-refractivity contribution in [3.05, 3.63) is 51.2 Å². The molecule has 5 nitrogen and oxygen atoms in total. The van der Waals surface area contributed by atoms with Crippen molar-refractivity contribution in [3.63, 3.8) is 0 Å². The smallest absolute Gasteiger partial charge is 0.337 e. The van der Waals surface area contributed by atoms with E-state index in [-0.39, 0.29) is 11.9 Å². The van der Waals surface area contributed by atoms with Crippen molar-refractivity contribution in [2.24, 2.45) is 0 Å². The van der Waals surface area contributed by atoms with Gasteiger partial charge in [-0.15, -0.1) is 11.3 Å². The van der Waals surface area contributed by atoms with E-state index in [0.29, 0.717) is 11.6 Å². The van der Waals surface area contributed by atoms with Crippen molar-refractivity contribution in [1.29, 1.82) is 0 Å². The van der Waals surface area contributed by atoms with Gasteiger partial charge >= 0.3 is 5.97 Å². The van der Waals surface area contributed by atoms with Crippen LogP contribution in [0.2, 0.25) is 0 Å². The number of thiophene rings is 1. The van der Waals surface area contributed by atoms with E-state index in [2.05, 4.69) is 11.4 Å². The second-order valence-corrected chi connectivity index (χ2v) is 8.33. The molecule has 1 aromatic carbocycles. The summed E-state index contributed by atoms with van der Waals surface area (Å²) >= 11 is 1.68. The zero-order valence-corrected chi connectivity index (χ0v) is 16.3. The minimum Gasteiger partial charge on any atom is -0.465 e. The minimum absolute atomic E-state index is 0.181. The van der Waals surface area contributed by atoms with Crippen LogP contribution in [0, 0.1) is 0 Å². The number of anilines is 1. The molecular formula is C21H24N2O3S. The standard InChI is InChI=1S/C21H24N2O3S/c1-26-21(25)15-5-2-6-17(12-15)22-16-8-10-23(11-9-16)20(24)19-13-14-4-3-7-18(14)27-19/h2,5-6,12-13,16,22H,3-4,7-11H2,1H3. The molecule has 1 aromatic heterocycles. The summed E-state index contributed by atoms with van der Waals surface area (Å²) in [7, 11) is 1.39. The van der Waals surface area contributed by atoms with Crippen molar-refractivity contribution in [2.75, 3.05) is 25.5 Å². The maximum absolute atomic E-state index is 12.8. The molecule has 0 saturated carbocycles. The third kappa shape index (κ3) is 3.86. The Hall–Kier alpha value is -2.34. The highest BCUT2D eigenvalue weighted by atomic mass is 32.1. The molecule has 0 atom stereocenters. The highest BCUT2D eigenvalue weighted by molar-refractivity contribution is 7.14. The SMILES string of the molecule is COC(=O)c1cccc(NC2CCN(C(=O)c3cc4c(s3)CCC4)CC2)c1. The molecule has 0 spiro atoms. The summed E-state index contributed by atoms with van der Waals surface area (Å²) in [6.45, 7) is 1.52. The van der Waals surface area contributed by atoms with E-state index in [1.807, 2.05) is 23.1 Å². The van der Waals surface area contributed by atoms with Gasteiger partial charge in [-0.2, -0.15) is 0 Å². The number of methoxy groups -OCH3 is 1. The summed E-state index contributed by atoms with van der Waals surface area (Å²) in [4.78, 5) is 28.7. The number of hydrogen-bond acceptors (Lipinski definition) is 5. The second kappa shape index (κ2) is 7.72. The number of ether oxygens (including phenoxy) is 1. The van der Waals surface area contributed by atoms with Gasteiger partial charge in [0.2, 0.25) is 0 Å². The van der Waals surface area contributed by atoms with Crippen LogP contribution in [-0.2, 0) is 17.6 Å². The molecule has 2 aromatic rings. The Bertz CT molecular complexity index is 831. The molecule has 27 heavy (non-hydrogen) atoms. The molecule has 4 rings (SSSR count). The quantitative estimate of drug-likeness (QED) is 0.816. The number of rotatable bonds is 4. The molecule has 0 unspecified atom stereocenters. The van der Waals surface area contributed by atoms with Gasteiger partial charge in [0.25, 0.3) is 5.91 Å². The molecule has 2 aliphatic rings. The van der Waals surface area contributed by atoms with E-state index in [0.717, 1.165) is 49.3 Å². The molecular weight excluding hydrogens is 360 g/mol. The van der Waals surface area contributed by atoms with Crippen molar-refractivity contribution < 1.29 is 14.3 Å². The maximum Gasteiger partial charge on any atom is 0.337 e. The summed E-state index contributed by atoms with van der Waals surface area (Å²) in [6.07, 6.45) is 5.28. The number of piperidine rings is 1. The van der Waals surface area contributed by atoms with Crippen LogP contribution in [0.5, 0.6) is 0 Å². The highest BCUT2D eigenvalue weighted by Gasteiger charge is 2.26. The largest absolute Gasteiger partial charge is 0.465 e. The van der Waals surface area contributed by atoms with Crippen LogP contribution in [0.15, 0.2) is 30.3 Å². The van der Waals surface area contributed by atoms with Crippen LogP contribution >= 0.6 is 11.3 Å². The van der Waals surface area contributed by atoms with Crippen molar-refractivity contribution in [1.82, 2.24) is 4.90 Å². The molecule has 1 aliphatic carbocycles. The molecule has 2 heterocycles. The average Bonchev–Trinajstić information content (AvgIpc) is 3.30. The van der Waals surface area contributed by atoms with Gasteiger partial charge in [0.15, 0.2) is 0 Å². The monoisotopic (exact) mass is 384 g/mol.